The first-order valence-electron chi connectivity index (χ1n) is 4.75. The Hall–Kier alpha value is -0.780. The van der Waals surface area contributed by atoms with Gasteiger partial charge in [-0.1, -0.05) is 0 Å². The lowest BCUT2D eigenvalue weighted by Crippen LogP contribution is -2.13. The second-order valence-electron chi connectivity index (χ2n) is 2.91. The molecular weight excluding hydrogens is 466 g/mol. The molecule has 2 amide bonds. The average Bonchev–Trinajstić information content (AvgIpc) is 2.32. The van der Waals surface area contributed by atoms with E-state index in [2.05, 4.69) is 10.6 Å². The molecule has 0 fully saturated rings. The highest BCUT2D eigenvalue weighted by Crippen LogP contribution is 2.14. The van der Waals surface area contributed by atoms with Gasteiger partial charge in [-0.25, -0.2) is 9.59 Å². The Morgan fingerprint density at radius 2 is 1.22 bits per heavy atom. The molecule has 8 heteroatoms. The number of hydrogen-bond acceptors (Lipinski definition) is 4. The number of halogens is 2. The fourth-order valence-electron chi connectivity index (χ4n) is 1.04. The van der Waals surface area contributed by atoms with Crippen LogP contribution in [0.15, 0.2) is 24.3 Å². The van der Waals surface area contributed by atoms with Gasteiger partial charge in [0.2, 0.25) is 0 Å². The van der Waals surface area contributed by atoms with Crippen LogP contribution in [0.3, 0.4) is 0 Å². The van der Waals surface area contributed by atoms with Gasteiger partial charge in [0.1, 0.15) is 9.23 Å². The summed E-state index contributed by atoms with van der Waals surface area (Å²) in [6.07, 6.45) is -1.04. The molecule has 0 atom stereocenters. The summed E-state index contributed by atoms with van der Waals surface area (Å²) in [7, 11) is 0. The number of nitrogens with one attached hydrogen (secondary N) is 2. The summed E-state index contributed by atoms with van der Waals surface area (Å²) < 4.78 is 10.0. The van der Waals surface area contributed by atoms with Crippen molar-refractivity contribution in [2.24, 2.45) is 0 Å². The Labute approximate surface area is 131 Å². The number of benzene rings is 1. The molecule has 0 bridgehead atoms. The second kappa shape index (κ2) is 8.34. The van der Waals surface area contributed by atoms with E-state index in [0.29, 0.717) is 11.4 Å². The molecule has 1 aromatic carbocycles. The van der Waals surface area contributed by atoms with Gasteiger partial charge in [-0.05, 0) is 69.4 Å². The van der Waals surface area contributed by atoms with Crippen LogP contribution in [-0.2, 0) is 9.47 Å². The van der Waals surface area contributed by atoms with Crippen LogP contribution in [0.5, 0.6) is 0 Å². The van der Waals surface area contributed by atoms with Gasteiger partial charge in [0.25, 0.3) is 0 Å². The summed E-state index contributed by atoms with van der Waals surface area (Å²) in [6, 6.07) is 6.59. The molecule has 1 rings (SSSR count). The molecule has 0 aliphatic rings. The van der Waals surface area contributed by atoms with Crippen molar-refractivity contribution in [2.45, 2.75) is 0 Å². The molecule has 0 saturated heterocycles. The van der Waals surface area contributed by atoms with Crippen molar-refractivity contribution < 1.29 is 19.1 Å². The van der Waals surface area contributed by atoms with Crippen LogP contribution in [0, 0.1) is 0 Å². The highest BCUT2D eigenvalue weighted by atomic mass is 127. The number of anilines is 2. The number of amides is 2. The van der Waals surface area contributed by atoms with Crippen LogP contribution in [0.2, 0.25) is 0 Å². The largest absolute Gasteiger partial charge is 0.439 e. The van der Waals surface area contributed by atoms with Gasteiger partial charge >= 0.3 is 12.2 Å². The van der Waals surface area contributed by atoms with Crippen molar-refractivity contribution in [2.75, 3.05) is 19.9 Å². The fraction of sp³-hybridized carbons (Fsp3) is 0.200. The van der Waals surface area contributed by atoms with E-state index in [1.165, 1.54) is 0 Å². The van der Waals surface area contributed by atoms with Crippen LogP contribution in [0.4, 0.5) is 21.0 Å². The quantitative estimate of drug-likeness (QED) is 0.515. The number of carbonyl (C=O) groups excluding carboxylic acids is 2. The molecule has 6 nitrogen and oxygen atoms in total. The number of hydrogen-bond donors (Lipinski definition) is 2. The second-order valence-corrected chi connectivity index (χ2v) is 4.15. The Kier molecular flexibility index (Phi) is 7.08. The van der Waals surface area contributed by atoms with Crippen LogP contribution in [-0.4, -0.2) is 21.4 Å². The van der Waals surface area contributed by atoms with Crippen LogP contribution < -0.4 is 10.6 Å². The van der Waals surface area contributed by atoms with Crippen molar-refractivity contribution in [1.82, 2.24) is 0 Å². The van der Waals surface area contributed by atoms with E-state index in [-0.39, 0.29) is 9.23 Å². The number of ether oxygens (including phenoxy) is 2. The van der Waals surface area contributed by atoms with Gasteiger partial charge in [0.05, 0.1) is 0 Å². The predicted octanol–water partition coefficient (Wildman–Crippen LogP) is 3.57. The van der Waals surface area contributed by atoms with E-state index >= 15 is 0 Å². The van der Waals surface area contributed by atoms with E-state index < -0.39 is 12.2 Å². The third kappa shape index (κ3) is 5.71. The minimum Gasteiger partial charge on any atom is -0.439 e. The lowest BCUT2D eigenvalue weighted by molar-refractivity contribution is 0.183. The first kappa shape index (κ1) is 15.3. The zero-order valence-electron chi connectivity index (χ0n) is 9.11. The molecule has 98 valence electrons. The zero-order chi connectivity index (χ0) is 13.4. The maximum atomic E-state index is 11.1. The monoisotopic (exact) mass is 476 g/mol. The molecule has 0 unspecified atom stereocenters. The Morgan fingerprint density at radius 3 is 1.50 bits per heavy atom. The van der Waals surface area contributed by atoms with Crippen LogP contribution in [0.1, 0.15) is 0 Å². The highest BCUT2D eigenvalue weighted by molar-refractivity contribution is 14.1. The summed E-state index contributed by atoms with van der Waals surface area (Å²) in [4.78, 5) is 22.3. The smallest absolute Gasteiger partial charge is 0.412 e. The molecule has 0 aliphatic heterocycles. The normalized spacial score (nSPS) is 9.44. The molecule has 0 aromatic heterocycles. The van der Waals surface area contributed by atoms with E-state index in [0.717, 1.165) is 0 Å². The Bertz CT molecular complexity index is 372. The van der Waals surface area contributed by atoms with Gasteiger partial charge in [-0.3, -0.25) is 10.6 Å². The van der Waals surface area contributed by atoms with Gasteiger partial charge in [-0.2, -0.15) is 0 Å². The lowest BCUT2D eigenvalue weighted by atomic mass is 10.3. The van der Waals surface area contributed by atoms with Crippen molar-refractivity contribution in [3.05, 3.63) is 24.3 Å². The van der Waals surface area contributed by atoms with Crippen molar-refractivity contribution >= 4 is 68.7 Å². The maximum Gasteiger partial charge on any atom is 0.412 e. The topological polar surface area (TPSA) is 76.7 Å². The number of alkyl halides is 2. The Balaban J connectivity index is 2.52. The van der Waals surface area contributed by atoms with Crippen molar-refractivity contribution in [1.29, 1.82) is 0 Å². The highest BCUT2D eigenvalue weighted by Gasteiger charge is 2.04. The fourth-order valence-corrected chi connectivity index (χ4v) is 1.61. The first-order chi connectivity index (χ1) is 8.65. The standard InChI is InChI=1S/C10H10I2N2O4/c11-5-17-9(15)13-7-1-2-8(4-3-7)14-10(16)18-6-12/h1-4H,5-6H2,(H,13,15)(H,14,16). The first-order valence-corrected chi connectivity index (χ1v) is 7.80. The molecule has 2 N–H and O–H groups in total. The van der Waals surface area contributed by atoms with E-state index in [1.54, 1.807) is 24.3 Å². The summed E-state index contributed by atoms with van der Waals surface area (Å²) in [6.45, 7) is 0. The minimum atomic E-state index is -0.519. The molecular formula is C10H10I2N2O4. The predicted molar refractivity (Wildman–Crippen MR) is 84.4 cm³/mol. The van der Waals surface area contributed by atoms with Crippen LogP contribution >= 0.6 is 45.2 Å². The minimum absolute atomic E-state index is 0.283. The summed E-state index contributed by atoms with van der Waals surface area (Å²) in [5, 5.41) is 5.07. The third-order valence-corrected chi connectivity index (χ3v) is 2.37. The third-order valence-electron chi connectivity index (χ3n) is 1.75. The van der Waals surface area contributed by atoms with E-state index in [4.69, 9.17) is 9.47 Å². The molecule has 1 aromatic rings. The number of carbonyl (C=O) groups is 2. The van der Waals surface area contributed by atoms with Gasteiger partial charge in [0, 0.05) is 11.4 Å². The molecule has 0 spiro atoms. The van der Waals surface area contributed by atoms with Gasteiger partial charge in [-0.15, -0.1) is 0 Å². The van der Waals surface area contributed by atoms with Crippen molar-refractivity contribution in [3.8, 4) is 0 Å². The van der Waals surface area contributed by atoms with Gasteiger partial charge < -0.3 is 9.47 Å². The zero-order valence-corrected chi connectivity index (χ0v) is 13.4. The SMILES string of the molecule is O=C(Nc1ccc(NC(=O)OCI)cc1)OCI. The van der Waals surface area contributed by atoms with E-state index in [9.17, 15) is 9.59 Å². The Morgan fingerprint density at radius 1 is 0.889 bits per heavy atom. The summed E-state index contributed by atoms with van der Waals surface area (Å²) >= 11 is 3.85. The van der Waals surface area contributed by atoms with Crippen molar-refractivity contribution in [3.63, 3.8) is 0 Å². The summed E-state index contributed by atoms with van der Waals surface area (Å²) in [5.41, 5.74) is 1.16. The summed E-state index contributed by atoms with van der Waals surface area (Å²) in [5.74, 6) is 0. The average molecular weight is 476 g/mol. The molecule has 0 saturated carbocycles. The molecule has 0 heterocycles. The molecule has 18 heavy (non-hydrogen) atoms. The number of rotatable bonds is 4. The maximum absolute atomic E-state index is 11.1. The van der Waals surface area contributed by atoms with Gasteiger partial charge in [0.15, 0.2) is 0 Å². The lowest BCUT2D eigenvalue weighted by Gasteiger charge is -2.07. The molecule has 0 aliphatic carbocycles. The van der Waals surface area contributed by atoms with E-state index in [1.807, 2.05) is 45.2 Å². The molecule has 0 radical (unpaired) electrons. The van der Waals surface area contributed by atoms with Crippen LogP contribution in [0.25, 0.3) is 0 Å².